The summed E-state index contributed by atoms with van der Waals surface area (Å²) in [5.41, 5.74) is 1.28. The van der Waals surface area contributed by atoms with Crippen molar-refractivity contribution < 1.29 is 22.4 Å². The Bertz CT molecular complexity index is 1160. The van der Waals surface area contributed by atoms with Crippen molar-refractivity contribution in [3.63, 3.8) is 0 Å². The summed E-state index contributed by atoms with van der Waals surface area (Å²) in [6.45, 7) is 0.163. The van der Waals surface area contributed by atoms with Crippen LogP contribution in [0.4, 0.5) is 13.2 Å². The SMILES string of the molecule is O=C(NCc1ccco1)/C(=C/c1ccc(C(F)(F)F)cc1)c1nc2ccccc2[nH]1. The van der Waals surface area contributed by atoms with Gasteiger partial charge in [-0.1, -0.05) is 24.3 Å². The molecule has 0 spiro atoms. The molecule has 2 aromatic carbocycles. The number of halogens is 3. The maximum Gasteiger partial charge on any atom is 0.416 e. The van der Waals surface area contributed by atoms with Crippen LogP contribution in [0.3, 0.4) is 0 Å². The van der Waals surface area contributed by atoms with Crippen LogP contribution < -0.4 is 5.32 Å². The van der Waals surface area contributed by atoms with Gasteiger partial charge in [0.15, 0.2) is 0 Å². The fraction of sp³-hybridized carbons (Fsp3) is 0.0909. The van der Waals surface area contributed by atoms with Gasteiger partial charge in [-0.3, -0.25) is 4.79 Å². The van der Waals surface area contributed by atoms with Crippen molar-refractivity contribution in [2.24, 2.45) is 0 Å². The van der Waals surface area contributed by atoms with Gasteiger partial charge in [-0.05, 0) is 48.0 Å². The molecular weight excluding hydrogens is 395 g/mol. The van der Waals surface area contributed by atoms with E-state index < -0.39 is 17.6 Å². The zero-order valence-electron chi connectivity index (χ0n) is 15.5. The minimum atomic E-state index is -4.43. The van der Waals surface area contributed by atoms with Crippen molar-refractivity contribution in [2.75, 3.05) is 0 Å². The predicted molar refractivity (Wildman–Crippen MR) is 106 cm³/mol. The number of rotatable bonds is 5. The number of imidazole rings is 1. The number of hydrogen-bond acceptors (Lipinski definition) is 3. The van der Waals surface area contributed by atoms with Crippen LogP contribution in [-0.4, -0.2) is 15.9 Å². The van der Waals surface area contributed by atoms with E-state index in [1.165, 1.54) is 24.5 Å². The molecule has 8 heteroatoms. The van der Waals surface area contributed by atoms with E-state index in [2.05, 4.69) is 15.3 Å². The van der Waals surface area contributed by atoms with Crippen molar-refractivity contribution in [3.05, 3.63) is 89.6 Å². The first kappa shape index (κ1) is 19.5. The molecular formula is C22H16F3N3O2. The fourth-order valence-corrected chi connectivity index (χ4v) is 2.93. The Morgan fingerprint density at radius 3 is 2.50 bits per heavy atom. The Kier molecular flexibility index (Phi) is 5.14. The van der Waals surface area contributed by atoms with Crippen LogP contribution in [-0.2, 0) is 17.5 Å². The second-order valence-corrected chi connectivity index (χ2v) is 6.54. The van der Waals surface area contributed by atoms with E-state index in [4.69, 9.17) is 4.42 Å². The first-order chi connectivity index (χ1) is 14.4. The molecule has 2 aromatic heterocycles. The average molecular weight is 411 g/mol. The number of hydrogen-bond donors (Lipinski definition) is 2. The number of furan rings is 1. The monoisotopic (exact) mass is 411 g/mol. The number of fused-ring (bicyclic) bond motifs is 1. The van der Waals surface area contributed by atoms with Gasteiger partial charge in [-0.2, -0.15) is 13.2 Å². The van der Waals surface area contributed by atoms with Gasteiger partial charge < -0.3 is 14.7 Å². The van der Waals surface area contributed by atoms with Crippen LogP contribution in [0.2, 0.25) is 0 Å². The Morgan fingerprint density at radius 1 is 1.07 bits per heavy atom. The number of aromatic amines is 1. The van der Waals surface area contributed by atoms with Gasteiger partial charge in [0.25, 0.3) is 5.91 Å². The third-order valence-corrected chi connectivity index (χ3v) is 4.44. The molecule has 1 amide bonds. The minimum Gasteiger partial charge on any atom is -0.467 e. The molecule has 0 saturated carbocycles. The van der Waals surface area contributed by atoms with E-state index in [-0.39, 0.29) is 12.1 Å². The lowest BCUT2D eigenvalue weighted by atomic mass is 10.1. The van der Waals surface area contributed by atoms with Gasteiger partial charge in [0.2, 0.25) is 0 Å². The van der Waals surface area contributed by atoms with Crippen LogP contribution in [0.5, 0.6) is 0 Å². The van der Waals surface area contributed by atoms with Gasteiger partial charge in [-0.15, -0.1) is 0 Å². The molecule has 5 nitrogen and oxygen atoms in total. The number of benzene rings is 2. The number of alkyl halides is 3. The van der Waals surface area contributed by atoms with E-state index in [1.54, 1.807) is 18.2 Å². The highest BCUT2D eigenvalue weighted by Crippen LogP contribution is 2.29. The fourth-order valence-electron chi connectivity index (χ4n) is 2.93. The summed E-state index contributed by atoms with van der Waals surface area (Å²) in [7, 11) is 0. The zero-order chi connectivity index (χ0) is 21.1. The van der Waals surface area contributed by atoms with Crippen molar-refractivity contribution in [3.8, 4) is 0 Å². The summed E-state index contributed by atoms with van der Waals surface area (Å²) in [5.74, 6) is 0.445. The van der Waals surface area contributed by atoms with Crippen LogP contribution in [0, 0.1) is 0 Å². The lowest BCUT2D eigenvalue weighted by Gasteiger charge is -2.08. The Morgan fingerprint density at radius 2 is 1.83 bits per heavy atom. The van der Waals surface area contributed by atoms with Crippen molar-refractivity contribution in [1.29, 1.82) is 0 Å². The highest BCUT2D eigenvalue weighted by Gasteiger charge is 2.30. The van der Waals surface area contributed by atoms with Crippen molar-refractivity contribution in [1.82, 2.24) is 15.3 Å². The van der Waals surface area contributed by atoms with Gasteiger partial charge in [-0.25, -0.2) is 4.98 Å². The lowest BCUT2D eigenvalue weighted by molar-refractivity contribution is -0.137. The molecule has 0 bridgehead atoms. The molecule has 2 N–H and O–H groups in total. The third kappa shape index (κ3) is 4.27. The number of amides is 1. The van der Waals surface area contributed by atoms with E-state index in [1.807, 2.05) is 18.2 Å². The number of aromatic nitrogens is 2. The second kappa shape index (κ2) is 7.90. The lowest BCUT2D eigenvalue weighted by Crippen LogP contribution is -2.24. The molecule has 4 rings (SSSR count). The summed E-state index contributed by atoms with van der Waals surface area (Å²) < 4.78 is 43.7. The Hall–Kier alpha value is -3.81. The van der Waals surface area contributed by atoms with Crippen LogP contribution in [0.25, 0.3) is 22.7 Å². The molecule has 0 aliphatic heterocycles. The maximum absolute atomic E-state index is 12.9. The highest BCUT2D eigenvalue weighted by molar-refractivity contribution is 6.23. The molecule has 2 heterocycles. The highest BCUT2D eigenvalue weighted by atomic mass is 19.4. The smallest absolute Gasteiger partial charge is 0.416 e. The largest absolute Gasteiger partial charge is 0.467 e. The van der Waals surface area contributed by atoms with Gasteiger partial charge in [0, 0.05) is 0 Å². The summed E-state index contributed by atoms with van der Waals surface area (Å²) in [6.07, 6.45) is -1.43. The number of carbonyl (C=O) groups excluding carboxylic acids is 1. The molecule has 0 aliphatic carbocycles. The summed E-state index contributed by atoms with van der Waals surface area (Å²) in [5, 5.41) is 2.74. The third-order valence-electron chi connectivity index (χ3n) is 4.44. The molecule has 0 radical (unpaired) electrons. The van der Waals surface area contributed by atoms with Gasteiger partial charge >= 0.3 is 6.18 Å². The Balaban J connectivity index is 1.68. The summed E-state index contributed by atoms with van der Waals surface area (Å²) in [6, 6.07) is 15.3. The topological polar surface area (TPSA) is 70.9 Å². The van der Waals surface area contributed by atoms with Crippen LogP contribution in [0.15, 0.2) is 71.3 Å². The first-order valence-corrected chi connectivity index (χ1v) is 9.05. The molecule has 30 heavy (non-hydrogen) atoms. The normalized spacial score (nSPS) is 12.3. The number of carbonyl (C=O) groups is 1. The molecule has 152 valence electrons. The minimum absolute atomic E-state index is 0.163. The number of nitrogens with one attached hydrogen (secondary N) is 2. The van der Waals surface area contributed by atoms with Crippen LogP contribution in [0.1, 0.15) is 22.7 Å². The van der Waals surface area contributed by atoms with Gasteiger partial charge in [0.1, 0.15) is 11.6 Å². The van der Waals surface area contributed by atoms with E-state index in [9.17, 15) is 18.0 Å². The standard InChI is InChI=1S/C22H16F3N3O2/c23-22(24,25)15-9-7-14(8-10-15)12-17(21(29)26-13-16-4-3-11-30-16)20-27-18-5-1-2-6-19(18)28-20/h1-12H,13H2,(H,26,29)(H,27,28)/b17-12+. The number of nitrogens with zero attached hydrogens (tertiary/aromatic N) is 1. The molecule has 0 unspecified atom stereocenters. The predicted octanol–water partition coefficient (Wildman–Crippen LogP) is 5.03. The molecule has 0 atom stereocenters. The van der Waals surface area contributed by atoms with E-state index in [0.29, 0.717) is 22.7 Å². The maximum atomic E-state index is 12.9. The zero-order valence-corrected chi connectivity index (χ0v) is 15.5. The van der Waals surface area contributed by atoms with E-state index in [0.717, 1.165) is 17.6 Å². The molecule has 0 saturated heterocycles. The van der Waals surface area contributed by atoms with Gasteiger partial charge in [0.05, 0.1) is 35.0 Å². The quantitative estimate of drug-likeness (QED) is 0.453. The molecule has 0 fully saturated rings. The van der Waals surface area contributed by atoms with Crippen molar-refractivity contribution in [2.45, 2.75) is 12.7 Å². The average Bonchev–Trinajstić information content (AvgIpc) is 3.39. The second-order valence-electron chi connectivity index (χ2n) is 6.54. The van der Waals surface area contributed by atoms with Crippen LogP contribution >= 0.6 is 0 Å². The Labute approximate surface area is 169 Å². The first-order valence-electron chi connectivity index (χ1n) is 9.05. The van der Waals surface area contributed by atoms with Crippen molar-refractivity contribution >= 4 is 28.6 Å². The number of H-pyrrole nitrogens is 1. The summed E-state index contributed by atoms with van der Waals surface area (Å²) in [4.78, 5) is 20.4. The van der Waals surface area contributed by atoms with E-state index >= 15 is 0 Å². The summed E-state index contributed by atoms with van der Waals surface area (Å²) >= 11 is 0. The molecule has 0 aliphatic rings. The molecule has 4 aromatic rings. The number of para-hydroxylation sites is 2.